The third kappa shape index (κ3) is 4.86. The highest BCUT2D eigenvalue weighted by Gasteiger charge is 2.32. The highest BCUT2D eigenvalue weighted by Crippen LogP contribution is 2.41. The van der Waals surface area contributed by atoms with E-state index in [2.05, 4.69) is 15.0 Å². The van der Waals surface area contributed by atoms with Crippen LogP contribution in [-0.2, 0) is 21.7 Å². The van der Waals surface area contributed by atoms with E-state index in [1.54, 1.807) is 13.1 Å². The van der Waals surface area contributed by atoms with Crippen molar-refractivity contribution in [1.82, 2.24) is 9.97 Å². The maximum atomic E-state index is 12.7. The number of aromatic nitrogens is 2. The number of rotatable bonds is 6. The van der Waals surface area contributed by atoms with Gasteiger partial charge in [-0.2, -0.15) is 13.2 Å². The van der Waals surface area contributed by atoms with E-state index in [-0.39, 0.29) is 28.6 Å². The van der Waals surface area contributed by atoms with Gasteiger partial charge in [-0.15, -0.1) is 0 Å². The molecule has 0 aliphatic heterocycles. The molecular formula is C18H20F3N5OS. The second kappa shape index (κ2) is 7.50. The van der Waals surface area contributed by atoms with E-state index in [1.807, 2.05) is 6.07 Å². The number of aliphatic imine (C=N–C) groups is 1. The van der Waals surface area contributed by atoms with E-state index in [0.29, 0.717) is 11.5 Å². The van der Waals surface area contributed by atoms with Crippen LogP contribution in [0.2, 0.25) is 0 Å². The Morgan fingerprint density at radius 1 is 1.32 bits per heavy atom. The lowest BCUT2D eigenvalue weighted by molar-refractivity contribution is -0.141. The van der Waals surface area contributed by atoms with Gasteiger partial charge in [-0.1, -0.05) is 6.92 Å². The predicted molar refractivity (Wildman–Crippen MR) is 102 cm³/mol. The Morgan fingerprint density at radius 2 is 2.04 bits per heavy atom. The zero-order valence-electron chi connectivity index (χ0n) is 15.2. The van der Waals surface area contributed by atoms with E-state index in [4.69, 9.17) is 10.5 Å². The predicted octanol–water partition coefficient (Wildman–Crippen LogP) is 4.27. The fourth-order valence-electron chi connectivity index (χ4n) is 2.61. The topological polar surface area (TPSA) is 105 Å². The van der Waals surface area contributed by atoms with Gasteiger partial charge in [0.1, 0.15) is 5.69 Å². The van der Waals surface area contributed by atoms with Gasteiger partial charge in [0, 0.05) is 50.9 Å². The van der Waals surface area contributed by atoms with Gasteiger partial charge in [-0.3, -0.25) is 9.76 Å². The van der Waals surface area contributed by atoms with Crippen LogP contribution in [0.4, 0.5) is 24.7 Å². The van der Waals surface area contributed by atoms with Crippen molar-refractivity contribution in [3.63, 3.8) is 0 Å². The van der Waals surface area contributed by atoms with Gasteiger partial charge in [0.25, 0.3) is 0 Å². The molecule has 0 spiro atoms. The first-order valence-corrected chi connectivity index (χ1v) is 10.6. The number of halogens is 3. The molecule has 6 nitrogen and oxygen atoms in total. The van der Waals surface area contributed by atoms with Gasteiger partial charge in [0.05, 0.1) is 5.75 Å². The Balaban J connectivity index is 1.92. The van der Waals surface area contributed by atoms with Crippen molar-refractivity contribution in [2.75, 3.05) is 11.5 Å². The lowest BCUT2D eigenvalue weighted by Gasteiger charge is -2.10. The number of nitrogen functional groups attached to an aromatic ring is 1. The van der Waals surface area contributed by atoms with Crippen LogP contribution in [0.5, 0.6) is 0 Å². The minimum absolute atomic E-state index is 0.0183. The fraction of sp³-hybridized carbons (Fsp3) is 0.389. The maximum Gasteiger partial charge on any atom is 0.433 e. The summed E-state index contributed by atoms with van der Waals surface area (Å²) in [4.78, 5) is 11.9. The van der Waals surface area contributed by atoms with Crippen LogP contribution >= 0.6 is 0 Å². The number of hydrogen-bond acceptors (Lipinski definition) is 6. The zero-order valence-corrected chi connectivity index (χ0v) is 16.0. The summed E-state index contributed by atoms with van der Waals surface area (Å²) in [5.74, 6) is 0.934. The molecule has 10 heteroatoms. The van der Waals surface area contributed by atoms with Crippen molar-refractivity contribution in [2.24, 2.45) is 4.99 Å². The van der Waals surface area contributed by atoms with Gasteiger partial charge >= 0.3 is 6.18 Å². The number of pyridine rings is 2. The molecule has 28 heavy (non-hydrogen) atoms. The first kappa shape index (κ1) is 20.2. The van der Waals surface area contributed by atoms with Gasteiger partial charge in [0.2, 0.25) is 0 Å². The molecule has 1 aliphatic rings. The molecule has 1 fully saturated rings. The minimum Gasteiger partial charge on any atom is -0.398 e. The Morgan fingerprint density at radius 3 is 2.61 bits per heavy atom. The summed E-state index contributed by atoms with van der Waals surface area (Å²) in [5.41, 5.74) is 6.32. The van der Waals surface area contributed by atoms with Crippen molar-refractivity contribution in [2.45, 2.75) is 37.6 Å². The van der Waals surface area contributed by atoms with E-state index < -0.39 is 21.6 Å². The molecule has 0 amide bonds. The molecule has 3 rings (SSSR count). The van der Waals surface area contributed by atoms with Crippen LogP contribution in [0.3, 0.4) is 0 Å². The first-order chi connectivity index (χ1) is 13.1. The molecule has 1 unspecified atom stereocenters. The highest BCUT2D eigenvalue weighted by molar-refractivity contribution is 7.91. The monoisotopic (exact) mass is 411 g/mol. The smallest absolute Gasteiger partial charge is 0.398 e. The normalized spacial score (nSPS) is 17.0. The number of nitrogens with zero attached hydrogens (tertiary/aromatic N) is 3. The van der Waals surface area contributed by atoms with Crippen LogP contribution in [0.15, 0.2) is 29.5 Å². The van der Waals surface area contributed by atoms with Crippen molar-refractivity contribution in [1.29, 1.82) is 4.78 Å². The summed E-state index contributed by atoms with van der Waals surface area (Å²) >= 11 is 0. The molecule has 3 N–H and O–H groups in total. The Hall–Kier alpha value is -2.49. The maximum absolute atomic E-state index is 12.7. The molecule has 1 aliphatic carbocycles. The largest absolute Gasteiger partial charge is 0.433 e. The van der Waals surface area contributed by atoms with Crippen LogP contribution in [0.25, 0.3) is 0 Å². The third-order valence-electron chi connectivity index (χ3n) is 4.45. The van der Waals surface area contributed by atoms with Gasteiger partial charge in [-0.25, -0.2) is 14.2 Å². The Bertz CT molecular complexity index is 1010. The van der Waals surface area contributed by atoms with Crippen LogP contribution in [0.1, 0.15) is 48.1 Å². The molecule has 1 atom stereocenters. The number of anilines is 1. The summed E-state index contributed by atoms with van der Waals surface area (Å²) in [6.45, 7) is 1.69. The van der Waals surface area contributed by atoms with E-state index in [0.717, 1.165) is 30.7 Å². The number of alkyl halides is 3. The molecule has 0 bridgehead atoms. The van der Waals surface area contributed by atoms with Crippen LogP contribution in [-0.4, -0.2) is 26.1 Å². The second-order valence-electron chi connectivity index (χ2n) is 6.72. The van der Waals surface area contributed by atoms with Crippen molar-refractivity contribution >= 4 is 27.4 Å². The minimum atomic E-state index is -4.58. The average molecular weight is 411 g/mol. The molecule has 2 aromatic heterocycles. The summed E-state index contributed by atoms with van der Waals surface area (Å²) in [6.07, 6.45) is 1.54. The summed E-state index contributed by atoms with van der Waals surface area (Å²) in [7, 11) is -2.81. The molecule has 150 valence electrons. The SMILES string of the molecule is CCS(=N)(=O)Cc1cc(C2CC2)cnc1N=Cc1cnc(C(F)(F)F)cc1N. The Labute approximate surface area is 161 Å². The zero-order chi connectivity index (χ0) is 20.5. The van der Waals surface area contributed by atoms with Gasteiger partial charge < -0.3 is 5.73 Å². The summed E-state index contributed by atoms with van der Waals surface area (Å²) in [5, 5.41) is 0. The first-order valence-electron chi connectivity index (χ1n) is 8.69. The summed E-state index contributed by atoms with van der Waals surface area (Å²) < 4.78 is 58.3. The molecule has 1 saturated carbocycles. The second-order valence-corrected chi connectivity index (χ2v) is 9.21. The fourth-order valence-corrected chi connectivity index (χ4v) is 3.53. The van der Waals surface area contributed by atoms with Crippen molar-refractivity contribution in [3.8, 4) is 0 Å². The van der Waals surface area contributed by atoms with Gasteiger partial charge in [-0.05, 0) is 36.5 Å². The van der Waals surface area contributed by atoms with Crippen molar-refractivity contribution in [3.05, 3.63) is 46.9 Å². The van der Waals surface area contributed by atoms with Gasteiger partial charge in [0.15, 0.2) is 5.82 Å². The van der Waals surface area contributed by atoms with Crippen LogP contribution in [0, 0.1) is 4.78 Å². The molecule has 0 radical (unpaired) electrons. The van der Waals surface area contributed by atoms with E-state index >= 15 is 0 Å². The number of hydrogen-bond donors (Lipinski definition) is 2. The third-order valence-corrected chi connectivity index (χ3v) is 6.16. The lowest BCUT2D eigenvalue weighted by atomic mass is 10.1. The average Bonchev–Trinajstić information content (AvgIpc) is 3.45. The molecule has 2 heterocycles. The van der Waals surface area contributed by atoms with E-state index in [9.17, 15) is 17.4 Å². The standard InChI is InChI=1S/C18H20F3N5OS/c1-2-28(23,27)10-13-5-12(11-3-4-11)7-25-17(13)26-9-14-8-24-16(6-15(14)22)18(19,20)21/h5-9,11,23H,2-4,10H2,1H3,(H2,22,24). The molecule has 2 aromatic rings. The highest BCUT2D eigenvalue weighted by atomic mass is 32.2. The Kier molecular flexibility index (Phi) is 5.42. The molecule has 0 aromatic carbocycles. The lowest BCUT2D eigenvalue weighted by Crippen LogP contribution is -2.09. The number of nitrogens with two attached hydrogens (primary N) is 1. The van der Waals surface area contributed by atoms with Crippen molar-refractivity contribution < 1.29 is 17.4 Å². The summed E-state index contributed by atoms with van der Waals surface area (Å²) in [6, 6.07) is 2.62. The quantitative estimate of drug-likeness (QED) is 0.693. The molecular weight excluding hydrogens is 391 g/mol. The van der Waals surface area contributed by atoms with E-state index in [1.165, 1.54) is 6.21 Å². The number of nitrogens with one attached hydrogen (secondary N) is 1. The van der Waals surface area contributed by atoms with Crippen LogP contribution < -0.4 is 5.73 Å². The molecule has 0 saturated heterocycles.